The molecule has 148 valence electrons. The lowest BCUT2D eigenvalue weighted by atomic mass is 9.75. The number of allylic oxidation sites excluding steroid dienone is 6. The predicted molar refractivity (Wildman–Crippen MR) is 124 cm³/mol. The van der Waals surface area contributed by atoms with E-state index in [9.17, 15) is 4.79 Å². The molecule has 0 radical (unpaired) electrons. The van der Waals surface area contributed by atoms with Crippen molar-refractivity contribution in [2.75, 3.05) is 12.0 Å². The first-order chi connectivity index (χ1) is 13.6. The van der Waals surface area contributed by atoms with Crippen molar-refractivity contribution < 1.29 is 4.79 Å². The van der Waals surface area contributed by atoms with Crippen molar-refractivity contribution in [3.8, 4) is 0 Å². The summed E-state index contributed by atoms with van der Waals surface area (Å²) in [5.74, 6) is 0.274. The average molecular weight is 395 g/mol. The number of hydrogen-bond donors (Lipinski definition) is 2. The third kappa shape index (κ3) is 5.98. The summed E-state index contributed by atoms with van der Waals surface area (Å²) in [4.78, 5) is 12.3. The zero-order chi connectivity index (χ0) is 20.8. The Kier molecular flexibility index (Phi) is 10.7. The number of benzene rings is 1. The summed E-state index contributed by atoms with van der Waals surface area (Å²) in [5.41, 5.74) is 8.25. The van der Waals surface area contributed by atoms with Crippen LogP contribution in [0.3, 0.4) is 0 Å². The van der Waals surface area contributed by atoms with Crippen LogP contribution in [0.15, 0.2) is 103 Å². The van der Waals surface area contributed by atoms with Crippen molar-refractivity contribution in [1.29, 1.82) is 0 Å². The van der Waals surface area contributed by atoms with E-state index in [4.69, 9.17) is 0 Å². The van der Waals surface area contributed by atoms with E-state index >= 15 is 0 Å². The summed E-state index contributed by atoms with van der Waals surface area (Å²) in [6, 6.07) is 10.0. The largest absolute Gasteiger partial charge is 0.289 e. The highest BCUT2D eigenvalue weighted by atomic mass is 32.2. The number of hydrazine groups is 1. The van der Waals surface area contributed by atoms with Crippen LogP contribution < -0.4 is 10.9 Å². The van der Waals surface area contributed by atoms with Crippen LogP contribution in [0, 0.1) is 0 Å². The minimum absolute atomic E-state index is 0.0929. The van der Waals surface area contributed by atoms with E-state index in [-0.39, 0.29) is 5.91 Å². The molecule has 28 heavy (non-hydrogen) atoms. The van der Waals surface area contributed by atoms with Gasteiger partial charge in [0.25, 0.3) is 0 Å². The highest BCUT2D eigenvalue weighted by Gasteiger charge is 2.38. The zero-order valence-corrected chi connectivity index (χ0v) is 17.8. The van der Waals surface area contributed by atoms with Crippen molar-refractivity contribution in [1.82, 2.24) is 10.9 Å². The molecule has 2 N–H and O–H groups in total. The lowest BCUT2D eigenvalue weighted by Crippen LogP contribution is -2.54. The maximum absolute atomic E-state index is 12.3. The van der Waals surface area contributed by atoms with Crippen molar-refractivity contribution in [3.05, 3.63) is 109 Å². The molecule has 0 spiro atoms. The SMILES string of the molecule is C=C/C=C(\C=C/C)C(NNC(=O)CSC)(C(/C=C\C)=C/C=C)c1ccccc1. The second kappa shape index (κ2) is 12.8. The van der Waals surface area contributed by atoms with Gasteiger partial charge in [-0.15, -0.1) is 0 Å². The van der Waals surface area contributed by atoms with Crippen LogP contribution >= 0.6 is 11.8 Å². The molecular formula is C24H30N2OS. The Hall–Kier alpha value is -2.56. The summed E-state index contributed by atoms with van der Waals surface area (Å²) < 4.78 is 0. The van der Waals surface area contributed by atoms with Gasteiger partial charge >= 0.3 is 0 Å². The molecule has 0 aliphatic carbocycles. The van der Waals surface area contributed by atoms with Crippen LogP contribution in [0.4, 0.5) is 0 Å². The first-order valence-corrected chi connectivity index (χ1v) is 10.5. The van der Waals surface area contributed by atoms with Crippen LogP contribution in [-0.4, -0.2) is 17.9 Å². The number of carbonyl (C=O) groups excluding carboxylic acids is 1. The average Bonchev–Trinajstić information content (AvgIpc) is 2.70. The van der Waals surface area contributed by atoms with Crippen molar-refractivity contribution >= 4 is 17.7 Å². The van der Waals surface area contributed by atoms with Crippen molar-refractivity contribution in [2.45, 2.75) is 19.4 Å². The third-order valence-electron chi connectivity index (χ3n) is 4.02. The number of rotatable bonds is 11. The molecule has 0 saturated heterocycles. The van der Waals surface area contributed by atoms with Crippen LogP contribution in [0.25, 0.3) is 0 Å². The Morgan fingerprint density at radius 2 is 1.57 bits per heavy atom. The Morgan fingerprint density at radius 3 is 2.00 bits per heavy atom. The Labute approximate surface area is 173 Å². The predicted octanol–water partition coefficient (Wildman–Crippen LogP) is 5.24. The molecule has 0 fully saturated rings. The van der Waals surface area contributed by atoms with Crippen LogP contribution in [0.1, 0.15) is 19.4 Å². The molecule has 3 nitrogen and oxygen atoms in total. The maximum atomic E-state index is 12.3. The highest BCUT2D eigenvalue weighted by Crippen LogP contribution is 2.38. The van der Waals surface area contributed by atoms with Gasteiger partial charge in [0.2, 0.25) is 5.91 Å². The van der Waals surface area contributed by atoms with E-state index in [1.807, 2.05) is 86.9 Å². The fourth-order valence-corrected chi connectivity index (χ4v) is 3.29. The second-order valence-corrected chi connectivity index (χ2v) is 6.80. The monoisotopic (exact) mass is 394 g/mol. The zero-order valence-electron chi connectivity index (χ0n) is 16.9. The minimum Gasteiger partial charge on any atom is -0.289 e. The van der Waals surface area contributed by atoms with E-state index < -0.39 is 5.54 Å². The molecule has 1 amide bonds. The highest BCUT2D eigenvalue weighted by molar-refractivity contribution is 7.99. The van der Waals surface area contributed by atoms with Crippen molar-refractivity contribution in [2.24, 2.45) is 0 Å². The van der Waals surface area contributed by atoms with E-state index in [1.54, 1.807) is 12.2 Å². The van der Waals surface area contributed by atoms with E-state index in [0.29, 0.717) is 5.75 Å². The number of hydrogen-bond acceptors (Lipinski definition) is 3. The lowest BCUT2D eigenvalue weighted by Gasteiger charge is -2.38. The van der Waals surface area contributed by atoms with Crippen LogP contribution in [0.5, 0.6) is 0 Å². The molecule has 1 aromatic carbocycles. The van der Waals surface area contributed by atoms with E-state index in [0.717, 1.165) is 16.7 Å². The van der Waals surface area contributed by atoms with Gasteiger partial charge in [0, 0.05) is 0 Å². The normalized spacial score (nSPS) is 14.8. The fraction of sp³-hybridized carbons (Fsp3) is 0.208. The molecule has 0 aliphatic heterocycles. The van der Waals surface area contributed by atoms with Crippen molar-refractivity contribution in [3.63, 3.8) is 0 Å². The fourth-order valence-electron chi connectivity index (χ4n) is 2.96. The molecule has 0 aromatic heterocycles. The molecule has 0 heterocycles. The van der Waals surface area contributed by atoms with Gasteiger partial charge in [-0.1, -0.05) is 92.1 Å². The molecule has 0 unspecified atom stereocenters. The van der Waals surface area contributed by atoms with E-state index in [1.165, 1.54) is 11.8 Å². The topological polar surface area (TPSA) is 41.1 Å². The van der Waals surface area contributed by atoms with Crippen LogP contribution in [0.2, 0.25) is 0 Å². The molecule has 0 aliphatic rings. The molecule has 0 atom stereocenters. The van der Waals surface area contributed by atoms with Gasteiger partial charge in [0.15, 0.2) is 0 Å². The first-order valence-electron chi connectivity index (χ1n) is 9.12. The molecule has 4 heteroatoms. The molecule has 1 aromatic rings. The number of nitrogens with one attached hydrogen (secondary N) is 2. The summed E-state index contributed by atoms with van der Waals surface area (Å²) in [6.07, 6.45) is 17.3. The van der Waals surface area contributed by atoms with Crippen LogP contribution in [-0.2, 0) is 10.3 Å². The minimum atomic E-state index is -0.823. The van der Waals surface area contributed by atoms with Gasteiger partial charge in [0.1, 0.15) is 5.54 Å². The Balaban J connectivity index is 3.81. The standard InChI is InChI=1S/C24H30N2OS/c1-6-13-20(14-7-2)24(21(15-8-3)16-9-4,22-17-11-10-12-18-22)26-25-23(27)19-28-5/h6-18,26H,1,3,19H2,2,4-5H3,(H,25,27)/b14-7-,16-9-,20-13+,21-15+. The maximum Gasteiger partial charge on any atom is 0.244 e. The van der Waals surface area contributed by atoms with Gasteiger partial charge in [0.05, 0.1) is 5.75 Å². The molecule has 1 rings (SSSR count). The summed E-state index contributed by atoms with van der Waals surface area (Å²) in [6.45, 7) is 11.7. The second-order valence-electron chi connectivity index (χ2n) is 5.94. The molecular weight excluding hydrogens is 364 g/mol. The Morgan fingerprint density at radius 1 is 1.04 bits per heavy atom. The van der Waals surface area contributed by atoms with Gasteiger partial charge in [-0.3, -0.25) is 10.2 Å². The third-order valence-corrected chi connectivity index (χ3v) is 4.58. The first kappa shape index (κ1) is 23.5. The van der Waals surface area contributed by atoms with Gasteiger partial charge in [-0.25, -0.2) is 5.43 Å². The number of thioether (sulfide) groups is 1. The summed E-state index contributed by atoms with van der Waals surface area (Å²) in [7, 11) is 0. The molecule has 0 bridgehead atoms. The van der Waals surface area contributed by atoms with Gasteiger partial charge < -0.3 is 0 Å². The summed E-state index contributed by atoms with van der Waals surface area (Å²) in [5, 5.41) is 0. The van der Waals surface area contributed by atoms with E-state index in [2.05, 4.69) is 24.0 Å². The summed E-state index contributed by atoms with van der Waals surface area (Å²) >= 11 is 1.47. The quantitative estimate of drug-likeness (QED) is 0.398. The van der Waals surface area contributed by atoms with Gasteiger partial charge in [-0.05, 0) is 36.8 Å². The molecule has 0 saturated carbocycles. The number of carbonyl (C=O) groups is 1. The Bertz CT molecular complexity index is 739. The smallest absolute Gasteiger partial charge is 0.244 e. The lowest BCUT2D eigenvalue weighted by molar-refractivity contribution is -0.119. The van der Waals surface area contributed by atoms with Gasteiger partial charge in [-0.2, -0.15) is 11.8 Å². The number of amides is 1.